The maximum atomic E-state index is 13.0. The van der Waals surface area contributed by atoms with E-state index in [1.54, 1.807) is 6.92 Å². The fourth-order valence-electron chi connectivity index (χ4n) is 2.26. The number of nitrogens with zero attached hydrogens (tertiary/aromatic N) is 3. The molecule has 1 atom stereocenters. The van der Waals surface area contributed by atoms with Crippen LogP contribution >= 0.6 is 22.7 Å². The Balaban J connectivity index is 1.81. The van der Waals surface area contributed by atoms with Crippen LogP contribution in [0, 0.1) is 0 Å². The SMILES string of the molecule is CC(NC(=O)c1cc2c(C(F)F)nn(C)c2s1)c1ncc(C(=O)O)s1. The molecular weight excluding hydrogens is 374 g/mol. The number of aromatic nitrogens is 3. The third-order valence-corrected chi connectivity index (χ3v) is 5.79. The molecular formula is C14H12F2N4O3S2. The first-order chi connectivity index (χ1) is 11.8. The van der Waals surface area contributed by atoms with Gasteiger partial charge in [-0.1, -0.05) is 0 Å². The zero-order valence-electron chi connectivity index (χ0n) is 13.0. The highest BCUT2D eigenvalue weighted by atomic mass is 32.1. The molecule has 3 heterocycles. The molecule has 0 fully saturated rings. The Morgan fingerprint density at radius 2 is 2.04 bits per heavy atom. The second-order valence-corrected chi connectivity index (χ2v) is 7.29. The van der Waals surface area contributed by atoms with Crippen LogP contribution in [-0.2, 0) is 7.05 Å². The van der Waals surface area contributed by atoms with Gasteiger partial charge < -0.3 is 10.4 Å². The van der Waals surface area contributed by atoms with Crippen LogP contribution in [0.3, 0.4) is 0 Å². The van der Waals surface area contributed by atoms with E-state index in [-0.39, 0.29) is 20.8 Å². The summed E-state index contributed by atoms with van der Waals surface area (Å²) in [7, 11) is 1.54. The van der Waals surface area contributed by atoms with Gasteiger partial charge in [0.15, 0.2) is 0 Å². The molecule has 3 aromatic rings. The number of alkyl halides is 2. The van der Waals surface area contributed by atoms with Gasteiger partial charge in [0.25, 0.3) is 12.3 Å². The Kier molecular flexibility index (Phi) is 4.52. The molecule has 0 spiro atoms. The van der Waals surface area contributed by atoms with E-state index >= 15 is 0 Å². The van der Waals surface area contributed by atoms with Crippen molar-refractivity contribution < 1.29 is 23.5 Å². The fraction of sp³-hybridized carbons (Fsp3) is 0.286. The standard InChI is InChI=1S/C14H12F2N4O3S2/c1-5(12-17-4-8(24-12)14(22)23)18-11(21)7-3-6-9(10(15)16)19-20(2)13(6)25-7/h3-5,10H,1-2H3,(H,18,21)(H,22,23). The summed E-state index contributed by atoms with van der Waals surface area (Å²) in [5.74, 6) is -1.53. The highest BCUT2D eigenvalue weighted by Crippen LogP contribution is 2.33. The van der Waals surface area contributed by atoms with Gasteiger partial charge in [0.1, 0.15) is 20.4 Å². The van der Waals surface area contributed by atoms with Gasteiger partial charge in [-0.05, 0) is 13.0 Å². The van der Waals surface area contributed by atoms with Crippen LogP contribution in [0.1, 0.15) is 49.4 Å². The Morgan fingerprint density at radius 1 is 1.32 bits per heavy atom. The van der Waals surface area contributed by atoms with E-state index in [1.807, 2.05) is 0 Å². The van der Waals surface area contributed by atoms with E-state index in [4.69, 9.17) is 5.11 Å². The van der Waals surface area contributed by atoms with Crippen LogP contribution in [0.25, 0.3) is 10.2 Å². The van der Waals surface area contributed by atoms with Gasteiger partial charge >= 0.3 is 5.97 Å². The maximum Gasteiger partial charge on any atom is 0.347 e. The summed E-state index contributed by atoms with van der Waals surface area (Å²) in [5, 5.41) is 16.1. The number of thiophene rings is 1. The maximum absolute atomic E-state index is 13.0. The summed E-state index contributed by atoms with van der Waals surface area (Å²) in [6.07, 6.45) is -1.50. The number of amides is 1. The van der Waals surface area contributed by atoms with Crippen molar-refractivity contribution >= 4 is 44.8 Å². The van der Waals surface area contributed by atoms with Gasteiger partial charge in [-0.2, -0.15) is 5.10 Å². The number of aromatic carboxylic acids is 1. The number of fused-ring (bicyclic) bond motifs is 1. The van der Waals surface area contributed by atoms with E-state index in [0.717, 1.165) is 22.7 Å². The first-order valence-electron chi connectivity index (χ1n) is 7.02. The van der Waals surface area contributed by atoms with Gasteiger partial charge in [-0.3, -0.25) is 9.48 Å². The van der Waals surface area contributed by atoms with Gasteiger partial charge in [0.2, 0.25) is 0 Å². The van der Waals surface area contributed by atoms with Crippen molar-refractivity contribution in [3.8, 4) is 0 Å². The number of hydrogen-bond acceptors (Lipinski definition) is 6. The molecule has 0 aliphatic heterocycles. The van der Waals surface area contributed by atoms with Crippen molar-refractivity contribution in [2.75, 3.05) is 0 Å². The summed E-state index contributed by atoms with van der Waals surface area (Å²) in [4.78, 5) is 28.1. The minimum Gasteiger partial charge on any atom is -0.477 e. The van der Waals surface area contributed by atoms with E-state index in [0.29, 0.717) is 9.84 Å². The minimum atomic E-state index is -2.72. The smallest absolute Gasteiger partial charge is 0.347 e. The molecule has 11 heteroatoms. The Bertz CT molecular complexity index is 963. The van der Waals surface area contributed by atoms with Crippen LogP contribution in [0.2, 0.25) is 0 Å². The number of carboxylic acids is 1. The third kappa shape index (κ3) is 3.24. The molecule has 3 aromatic heterocycles. The van der Waals surface area contributed by atoms with Gasteiger partial charge in [-0.25, -0.2) is 18.6 Å². The van der Waals surface area contributed by atoms with Crippen LogP contribution in [0.4, 0.5) is 8.78 Å². The van der Waals surface area contributed by atoms with Crippen molar-refractivity contribution in [2.45, 2.75) is 19.4 Å². The van der Waals surface area contributed by atoms with Gasteiger partial charge in [0.05, 0.1) is 17.1 Å². The molecule has 1 unspecified atom stereocenters. The summed E-state index contributed by atoms with van der Waals surface area (Å²) >= 11 is 2.03. The van der Waals surface area contributed by atoms with Gasteiger partial charge in [-0.15, -0.1) is 22.7 Å². The number of carbonyl (C=O) groups excluding carboxylic acids is 1. The largest absolute Gasteiger partial charge is 0.477 e. The second-order valence-electron chi connectivity index (χ2n) is 5.20. The predicted molar refractivity (Wildman–Crippen MR) is 88.5 cm³/mol. The van der Waals surface area contributed by atoms with E-state index in [1.165, 1.54) is 24.0 Å². The number of rotatable bonds is 5. The predicted octanol–water partition coefficient (Wildman–Crippen LogP) is 3.22. The number of hydrogen-bond donors (Lipinski definition) is 2. The van der Waals surface area contributed by atoms with Crippen LogP contribution in [-0.4, -0.2) is 31.7 Å². The van der Waals surface area contributed by atoms with Crippen molar-refractivity contribution in [3.05, 3.63) is 32.7 Å². The Hall–Kier alpha value is -2.40. The molecule has 0 saturated heterocycles. The number of thiazole rings is 1. The molecule has 0 aliphatic rings. The first kappa shape index (κ1) is 17.4. The molecule has 7 nitrogen and oxygen atoms in total. The molecule has 25 heavy (non-hydrogen) atoms. The average molecular weight is 386 g/mol. The van der Waals surface area contributed by atoms with Crippen molar-refractivity contribution in [1.29, 1.82) is 0 Å². The first-order valence-corrected chi connectivity index (χ1v) is 8.65. The van der Waals surface area contributed by atoms with Crippen molar-refractivity contribution in [1.82, 2.24) is 20.1 Å². The Labute approximate surface area is 147 Å². The van der Waals surface area contributed by atoms with Gasteiger partial charge in [0, 0.05) is 12.4 Å². The fourth-order valence-corrected chi connectivity index (χ4v) is 4.00. The number of nitrogens with one attached hydrogen (secondary N) is 1. The van der Waals surface area contributed by atoms with Crippen LogP contribution in [0.15, 0.2) is 12.3 Å². The second kappa shape index (κ2) is 6.48. The zero-order chi connectivity index (χ0) is 18.3. The molecule has 0 bridgehead atoms. The van der Waals surface area contributed by atoms with E-state index in [9.17, 15) is 18.4 Å². The average Bonchev–Trinajstić information content (AvgIpc) is 3.23. The number of aryl methyl sites for hydroxylation is 1. The lowest BCUT2D eigenvalue weighted by molar-refractivity contribution is 0.0701. The third-order valence-electron chi connectivity index (χ3n) is 3.42. The molecule has 0 radical (unpaired) electrons. The molecule has 0 aromatic carbocycles. The minimum absolute atomic E-state index is 0.0746. The van der Waals surface area contributed by atoms with E-state index in [2.05, 4.69) is 15.4 Å². The normalized spacial score (nSPS) is 12.7. The lowest BCUT2D eigenvalue weighted by atomic mass is 10.2. The van der Waals surface area contributed by atoms with E-state index < -0.39 is 24.3 Å². The topological polar surface area (TPSA) is 97.1 Å². The quantitative estimate of drug-likeness (QED) is 0.702. The lowest BCUT2D eigenvalue weighted by Gasteiger charge is -2.09. The Morgan fingerprint density at radius 3 is 2.64 bits per heavy atom. The summed E-state index contributed by atoms with van der Waals surface area (Å²) in [6, 6.07) is 0.879. The molecule has 2 N–H and O–H groups in total. The molecule has 0 saturated carbocycles. The van der Waals surface area contributed by atoms with Crippen molar-refractivity contribution in [3.63, 3.8) is 0 Å². The summed E-state index contributed by atoms with van der Waals surface area (Å²) in [6.45, 7) is 1.67. The zero-order valence-corrected chi connectivity index (χ0v) is 14.6. The number of carbonyl (C=O) groups is 2. The molecule has 1 amide bonds. The number of carboxylic acid groups (broad SMARTS) is 1. The lowest BCUT2D eigenvalue weighted by Crippen LogP contribution is -2.25. The van der Waals surface area contributed by atoms with Crippen molar-refractivity contribution in [2.24, 2.45) is 7.05 Å². The molecule has 0 aliphatic carbocycles. The summed E-state index contributed by atoms with van der Waals surface area (Å²) in [5.41, 5.74) is -0.355. The van der Waals surface area contributed by atoms with Crippen LogP contribution < -0.4 is 5.32 Å². The highest BCUT2D eigenvalue weighted by Gasteiger charge is 2.23. The molecule has 3 rings (SSSR count). The molecule has 132 valence electrons. The monoisotopic (exact) mass is 386 g/mol. The van der Waals surface area contributed by atoms with Crippen LogP contribution in [0.5, 0.6) is 0 Å². The number of halogens is 2. The summed E-state index contributed by atoms with van der Waals surface area (Å²) < 4.78 is 27.3. The highest BCUT2D eigenvalue weighted by molar-refractivity contribution is 7.20.